The maximum absolute atomic E-state index is 12.6. The lowest BCUT2D eigenvalue weighted by molar-refractivity contribution is -0.0412. The zero-order chi connectivity index (χ0) is 17.8. The standard InChI is InChI=1S/C20H23N3O3/c24-19(17-3-8-21-9-4-17)23-10-5-20(6-11-23)12-18(15-26-20)25-14-16-2-1-7-22-13-16/h1-4,7-9,13,18H,5-6,10-12,14-15H2/t18-/m1/s1. The summed E-state index contributed by atoms with van der Waals surface area (Å²) in [6.45, 7) is 2.62. The SMILES string of the molecule is O=C(c1ccncc1)N1CCC2(CC1)C[C@@H](OCc1cccnc1)CO2. The molecule has 0 saturated carbocycles. The molecule has 2 aromatic heterocycles. The molecule has 2 fully saturated rings. The first-order valence-electron chi connectivity index (χ1n) is 9.08. The van der Waals surface area contributed by atoms with Gasteiger partial charge in [0.15, 0.2) is 0 Å². The van der Waals surface area contributed by atoms with Crippen LogP contribution >= 0.6 is 0 Å². The number of hydrogen-bond donors (Lipinski definition) is 0. The highest BCUT2D eigenvalue weighted by Gasteiger charge is 2.43. The van der Waals surface area contributed by atoms with Crippen LogP contribution in [0.1, 0.15) is 35.2 Å². The molecule has 6 nitrogen and oxygen atoms in total. The predicted octanol–water partition coefficient (Wildman–Crippen LogP) is 2.46. The summed E-state index contributed by atoms with van der Waals surface area (Å²) in [4.78, 5) is 22.5. The van der Waals surface area contributed by atoms with Crippen molar-refractivity contribution in [2.75, 3.05) is 19.7 Å². The summed E-state index contributed by atoms with van der Waals surface area (Å²) < 4.78 is 12.1. The zero-order valence-electron chi connectivity index (χ0n) is 14.7. The summed E-state index contributed by atoms with van der Waals surface area (Å²) in [7, 11) is 0. The van der Waals surface area contributed by atoms with Crippen LogP contribution in [0.3, 0.4) is 0 Å². The van der Waals surface area contributed by atoms with Crippen LogP contribution in [0.15, 0.2) is 49.1 Å². The molecular weight excluding hydrogens is 330 g/mol. The molecule has 2 aliphatic heterocycles. The van der Waals surface area contributed by atoms with Crippen LogP contribution < -0.4 is 0 Å². The average Bonchev–Trinajstić information content (AvgIpc) is 3.10. The van der Waals surface area contributed by atoms with E-state index in [0.29, 0.717) is 18.8 Å². The fourth-order valence-corrected chi connectivity index (χ4v) is 3.75. The highest BCUT2D eigenvalue weighted by atomic mass is 16.6. The van der Waals surface area contributed by atoms with E-state index in [9.17, 15) is 4.79 Å². The van der Waals surface area contributed by atoms with Crippen molar-refractivity contribution in [2.24, 2.45) is 0 Å². The predicted molar refractivity (Wildman–Crippen MR) is 95.5 cm³/mol. The Bertz CT molecular complexity index is 730. The van der Waals surface area contributed by atoms with Gasteiger partial charge in [-0.25, -0.2) is 0 Å². The number of hydrogen-bond acceptors (Lipinski definition) is 5. The summed E-state index contributed by atoms with van der Waals surface area (Å²) >= 11 is 0. The summed E-state index contributed by atoms with van der Waals surface area (Å²) in [6, 6.07) is 7.46. The minimum atomic E-state index is -0.144. The maximum Gasteiger partial charge on any atom is 0.253 e. The third kappa shape index (κ3) is 3.76. The first-order valence-corrected chi connectivity index (χ1v) is 9.08. The monoisotopic (exact) mass is 353 g/mol. The van der Waals surface area contributed by atoms with E-state index < -0.39 is 0 Å². The number of likely N-dealkylation sites (tertiary alicyclic amines) is 1. The van der Waals surface area contributed by atoms with Gasteiger partial charge in [-0.3, -0.25) is 14.8 Å². The van der Waals surface area contributed by atoms with E-state index in [-0.39, 0.29) is 17.6 Å². The molecule has 2 aromatic rings. The van der Waals surface area contributed by atoms with Crippen molar-refractivity contribution < 1.29 is 14.3 Å². The smallest absolute Gasteiger partial charge is 0.253 e. The van der Waals surface area contributed by atoms with Crippen LogP contribution in [0.5, 0.6) is 0 Å². The molecule has 136 valence electrons. The lowest BCUT2D eigenvalue weighted by Gasteiger charge is -2.38. The van der Waals surface area contributed by atoms with Gasteiger partial charge in [0.2, 0.25) is 0 Å². The van der Waals surface area contributed by atoms with Crippen molar-refractivity contribution >= 4 is 5.91 Å². The molecule has 2 aliphatic rings. The van der Waals surface area contributed by atoms with Crippen LogP contribution in [0.25, 0.3) is 0 Å². The molecule has 4 heterocycles. The van der Waals surface area contributed by atoms with Crippen LogP contribution in [0.4, 0.5) is 0 Å². The summed E-state index contributed by atoms with van der Waals surface area (Å²) in [6.07, 6.45) is 9.62. The van der Waals surface area contributed by atoms with E-state index in [4.69, 9.17) is 9.47 Å². The van der Waals surface area contributed by atoms with Crippen molar-refractivity contribution in [1.29, 1.82) is 0 Å². The quantitative estimate of drug-likeness (QED) is 0.845. The number of amides is 1. The molecule has 4 rings (SSSR count). The molecule has 0 unspecified atom stereocenters. The van der Waals surface area contributed by atoms with Gasteiger partial charge in [-0.1, -0.05) is 6.07 Å². The van der Waals surface area contributed by atoms with Gasteiger partial charge in [-0.05, 0) is 36.6 Å². The molecule has 26 heavy (non-hydrogen) atoms. The number of pyridine rings is 2. The molecule has 0 aromatic carbocycles. The van der Waals surface area contributed by atoms with Gasteiger partial charge < -0.3 is 14.4 Å². The van der Waals surface area contributed by atoms with Gasteiger partial charge in [0.25, 0.3) is 5.91 Å². The Morgan fingerprint density at radius 3 is 2.73 bits per heavy atom. The lowest BCUT2D eigenvalue weighted by atomic mass is 9.87. The summed E-state index contributed by atoms with van der Waals surface area (Å²) in [5, 5.41) is 0. The molecule has 0 aliphatic carbocycles. The molecule has 6 heteroatoms. The minimum absolute atomic E-state index is 0.0737. The first kappa shape index (κ1) is 17.1. The van der Waals surface area contributed by atoms with Gasteiger partial charge in [-0.2, -0.15) is 0 Å². The third-order valence-electron chi connectivity index (χ3n) is 5.27. The number of piperidine rings is 1. The molecule has 0 bridgehead atoms. The van der Waals surface area contributed by atoms with E-state index in [0.717, 1.165) is 37.9 Å². The number of nitrogens with zero attached hydrogens (tertiary/aromatic N) is 3. The van der Waals surface area contributed by atoms with E-state index in [2.05, 4.69) is 9.97 Å². The van der Waals surface area contributed by atoms with Gasteiger partial charge >= 0.3 is 0 Å². The van der Waals surface area contributed by atoms with Crippen LogP contribution in [-0.4, -0.2) is 52.2 Å². The zero-order valence-corrected chi connectivity index (χ0v) is 14.7. The second-order valence-corrected chi connectivity index (χ2v) is 7.02. The van der Waals surface area contributed by atoms with Gasteiger partial charge in [0.1, 0.15) is 0 Å². The highest BCUT2D eigenvalue weighted by molar-refractivity contribution is 5.94. The molecule has 2 saturated heterocycles. The Morgan fingerprint density at radius 2 is 2.00 bits per heavy atom. The van der Waals surface area contributed by atoms with Gasteiger partial charge in [0.05, 0.1) is 24.9 Å². The number of carbonyl (C=O) groups is 1. The van der Waals surface area contributed by atoms with Crippen molar-refractivity contribution in [1.82, 2.24) is 14.9 Å². The fraction of sp³-hybridized carbons (Fsp3) is 0.450. The number of aromatic nitrogens is 2. The highest BCUT2D eigenvalue weighted by Crippen LogP contribution is 2.37. The second-order valence-electron chi connectivity index (χ2n) is 7.02. The largest absolute Gasteiger partial charge is 0.372 e. The third-order valence-corrected chi connectivity index (χ3v) is 5.27. The summed E-state index contributed by atoms with van der Waals surface area (Å²) in [5.41, 5.74) is 1.63. The number of rotatable bonds is 4. The number of carbonyl (C=O) groups excluding carboxylic acids is 1. The van der Waals surface area contributed by atoms with Gasteiger partial charge in [-0.15, -0.1) is 0 Å². The second kappa shape index (κ2) is 7.51. The van der Waals surface area contributed by atoms with Crippen LogP contribution in [0.2, 0.25) is 0 Å². The average molecular weight is 353 g/mol. The Balaban J connectivity index is 1.28. The van der Waals surface area contributed by atoms with Crippen molar-refractivity contribution in [3.63, 3.8) is 0 Å². The van der Waals surface area contributed by atoms with E-state index >= 15 is 0 Å². The first-order chi connectivity index (χ1) is 12.7. The molecule has 0 radical (unpaired) electrons. The fourth-order valence-electron chi connectivity index (χ4n) is 3.75. The normalized spacial score (nSPS) is 21.8. The Morgan fingerprint density at radius 1 is 1.19 bits per heavy atom. The van der Waals surface area contributed by atoms with E-state index in [1.165, 1.54) is 0 Å². The molecule has 0 N–H and O–H groups in total. The van der Waals surface area contributed by atoms with Gasteiger partial charge in [0, 0.05) is 49.9 Å². The Hall–Kier alpha value is -2.31. The van der Waals surface area contributed by atoms with Crippen LogP contribution in [-0.2, 0) is 16.1 Å². The topological polar surface area (TPSA) is 64.6 Å². The molecule has 1 atom stereocenters. The minimum Gasteiger partial charge on any atom is -0.372 e. The molecular formula is C20H23N3O3. The molecule has 1 amide bonds. The molecule has 1 spiro atoms. The Kier molecular flexibility index (Phi) is 4.95. The van der Waals surface area contributed by atoms with Crippen molar-refractivity contribution in [3.8, 4) is 0 Å². The van der Waals surface area contributed by atoms with E-state index in [1.807, 2.05) is 23.2 Å². The van der Waals surface area contributed by atoms with E-state index in [1.54, 1.807) is 30.7 Å². The lowest BCUT2D eigenvalue weighted by Crippen LogP contribution is -2.46. The Labute approximate surface area is 153 Å². The van der Waals surface area contributed by atoms with Crippen LogP contribution in [0, 0.1) is 0 Å². The number of ether oxygens (including phenoxy) is 2. The summed E-state index contributed by atoms with van der Waals surface area (Å²) in [5.74, 6) is 0.0737. The van der Waals surface area contributed by atoms with Crippen molar-refractivity contribution in [2.45, 2.75) is 37.6 Å². The van der Waals surface area contributed by atoms with Crippen molar-refractivity contribution in [3.05, 3.63) is 60.2 Å². The maximum atomic E-state index is 12.6.